The number of hydrogen-bond donors (Lipinski definition) is 1. The van der Waals surface area contributed by atoms with Crippen molar-refractivity contribution in [2.75, 3.05) is 0 Å². The summed E-state index contributed by atoms with van der Waals surface area (Å²) in [5.74, 6) is 0. The van der Waals surface area contributed by atoms with Gasteiger partial charge < -0.3 is 5.73 Å². The van der Waals surface area contributed by atoms with Gasteiger partial charge in [-0.25, -0.2) is 0 Å². The van der Waals surface area contributed by atoms with Crippen LogP contribution in [-0.2, 0) is 13.5 Å². The van der Waals surface area contributed by atoms with E-state index in [0.29, 0.717) is 0 Å². The number of aromatic nitrogens is 2. The van der Waals surface area contributed by atoms with E-state index in [1.165, 1.54) is 10.4 Å². The molecule has 0 saturated heterocycles. The first-order valence-corrected chi connectivity index (χ1v) is 6.33. The lowest BCUT2D eigenvalue weighted by atomic mass is 10.1. The van der Waals surface area contributed by atoms with Crippen molar-refractivity contribution in [2.24, 2.45) is 12.8 Å². The van der Waals surface area contributed by atoms with Gasteiger partial charge in [0.25, 0.3) is 0 Å². The highest BCUT2D eigenvalue weighted by atomic mass is 32.1. The maximum absolute atomic E-state index is 6.28. The van der Waals surface area contributed by atoms with E-state index in [9.17, 15) is 0 Å². The van der Waals surface area contributed by atoms with Crippen LogP contribution in [0.25, 0.3) is 0 Å². The van der Waals surface area contributed by atoms with Crippen LogP contribution >= 0.6 is 11.3 Å². The molecule has 2 rings (SSSR count). The monoisotopic (exact) mass is 235 g/mol. The topological polar surface area (TPSA) is 43.8 Å². The number of nitrogens with zero attached hydrogens (tertiary/aromatic N) is 2. The Kier molecular flexibility index (Phi) is 3.12. The Bertz CT molecular complexity index is 484. The van der Waals surface area contributed by atoms with Crippen LogP contribution < -0.4 is 5.73 Å². The molecule has 0 radical (unpaired) electrons. The van der Waals surface area contributed by atoms with Gasteiger partial charge in [0.15, 0.2) is 0 Å². The van der Waals surface area contributed by atoms with Crippen LogP contribution in [0.2, 0.25) is 0 Å². The van der Waals surface area contributed by atoms with Crippen LogP contribution in [0.4, 0.5) is 0 Å². The maximum Gasteiger partial charge on any atom is 0.0819 e. The van der Waals surface area contributed by atoms with Crippen molar-refractivity contribution in [3.8, 4) is 0 Å². The molecule has 0 bridgehead atoms. The molecule has 0 spiro atoms. The fraction of sp³-hybridized carbons (Fsp3) is 0.417. The number of aryl methyl sites for hydroxylation is 3. The number of rotatable bonds is 3. The normalized spacial score (nSPS) is 13.0. The summed E-state index contributed by atoms with van der Waals surface area (Å²) in [6.07, 6.45) is 0.948. The summed E-state index contributed by atoms with van der Waals surface area (Å²) in [6.45, 7) is 4.21. The second-order valence-corrected chi connectivity index (χ2v) is 4.93. The average Bonchev–Trinajstić information content (AvgIpc) is 2.83. The lowest BCUT2D eigenvalue weighted by Gasteiger charge is -2.11. The second-order valence-electron chi connectivity index (χ2n) is 3.98. The van der Waals surface area contributed by atoms with Crippen LogP contribution in [-0.4, -0.2) is 9.78 Å². The zero-order valence-electron chi connectivity index (χ0n) is 9.90. The molecule has 2 aromatic heterocycles. The van der Waals surface area contributed by atoms with Gasteiger partial charge in [-0.3, -0.25) is 4.68 Å². The van der Waals surface area contributed by atoms with Crippen LogP contribution in [0.3, 0.4) is 0 Å². The quantitative estimate of drug-likeness (QED) is 0.887. The summed E-state index contributed by atoms with van der Waals surface area (Å²) in [6, 6.07) is 4.15. The van der Waals surface area contributed by atoms with Crippen molar-refractivity contribution >= 4 is 11.3 Å². The first kappa shape index (κ1) is 11.4. The molecule has 1 unspecified atom stereocenters. The zero-order chi connectivity index (χ0) is 11.7. The van der Waals surface area contributed by atoms with Gasteiger partial charge >= 0.3 is 0 Å². The molecule has 0 aliphatic carbocycles. The molecule has 0 aliphatic heterocycles. The summed E-state index contributed by atoms with van der Waals surface area (Å²) >= 11 is 1.71. The van der Waals surface area contributed by atoms with Crippen LogP contribution in [0.5, 0.6) is 0 Å². The molecular weight excluding hydrogens is 218 g/mol. The minimum Gasteiger partial charge on any atom is -0.318 e. The summed E-state index contributed by atoms with van der Waals surface area (Å²) < 4.78 is 1.89. The molecule has 4 heteroatoms. The Morgan fingerprint density at radius 1 is 1.56 bits per heavy atom. The molecule has 2 aromatic rings. The van der Waals surface area contributed by atoms with Crippen molar-refractivity contribution in [2.45, 2.75) is 26.3 Å². The largest absolute Gasteiger partial charge is 0.318 e. The van der Waals surface area contributed by atoms with Crippen molar-refractivity contribution in [1.29, 1.82) is 0 Å². The molecule has 0 fully saturated rings. The zero-order valence-corrected chi connectivity index (χ0v) is 10.7. The van der Waals surface area contributed by atoms with Crippen molar-refractivity contribution in [3.63, 3.8) is 0 Å². The third-order valence-corrected chi connectivity index (χ3v) is 3.93. The number of thiophene rings is 1. The van der Waals surface area contributed by atoms with Crippen LogP contribution in [0.1, 0.15) is 34.8 Å². The van der Waals surface area contributed by atoms with E-state index in [-0.39, 0.29) is 6.04 Å². The summed E-state index contributed by atoms with van der Waals surface area (Å²) in [5.41, 5.74) is 9.73. The predicted molar refractivity (Wildman–Crippen MR) is 67.7 cm³/mol. The third-order valence-electron chi connectivity index (χ3n) is 2.83. The van der Waals surface area contributed by atoms with Gasteiger partial charge in [-0.2, -0.15) is 5.10 Å². The molecular formula is C12H17N3S. The highest BCUT2D eigenvalue weighted by Gasteiger charge is 2.17. The van der Waals surface area contributed by atoms with E-state index < -0.39 is 0 Å². The standard InChI is InChI=1S/C12H17N3S/c1-4-9-7-10(15(3)14-9)11(13)12-8(2)5-6-16-12/h5-7,11H,4,13H2,1-3H3. The average molecular weight is 235 g/mol. The van der Waals surface area contributed by atoms with Crippen LogP contribution in [0.15, 0.2) is 17.5 Å². The number of nitrogens with two attached hydrogens (primary N) is 1. The minimum absolute atomic E-state index is 0.0576. The maximum atomic E-state index is 6.28. The third kappa shape index (κ3) is 1.90. The Labute approximate surface area is 99.9 Å². The Hall–Kier alpha value is -1.13. The highest BCUT2D eigenvalue weighted by Crippen LogP contribution is 2.27. The lowest BCUT2D eigenvalue weighted by Crippen LogP contribution is -2.15. The molecule has 0 aromatic carbocycles. The van der Waals surface area contributed by atoms with Crippen molar-refractivity contribution in [1.82, 2.24) is 9.78 Å². The second kappa shape index (κ2) is 4.39. The van der Waals surface area contributed by atoms with E-state index in [2.05, 4.69) is 36.5 Å². The molecule has 2 heterocycles. The first-order chi connectivity index (χ1) is 7.63. The van der Waals surface area contributed by atoms with E-state index in [1.807, 2.05) is 11.7 Å². The van der Waals surface area contributed by atoms with Crippen molar-refractivity contribution < 1.29 is 0 Å². The molecule has 16 heavy (non-hydrogen) atoms. The Morgan fingerprint density at radius 3 is 2.81 bits per heavy atom. The molecule has 1 atom stereocenters. The lowest BCUT2D eigenvalue weighted by molar-refractivity contribution is 0.669. The van der Waals surface area contributed by atoms with E-state index >= 15 is 0 Å². The molecule has 0 saturated carbocycles. The molecule has 2 N–H and O–H groups in total. The fourth-order valence-corrected chi connectivity index (χ4v) is 2.78. The van der Waals surface area contributed by atoms with Crippen molar-refractivity contribution in [3.05, 3.63) is 39.3 Å². The minimum atomic E-state index is -0.0576. The van der Waals surface area contributed by atoms with Gasteiger partial charge in [0, 0.05) is 11.9 Å². The summed E-state index contributed by atoms with van der Waals surface area (Å²) in [7, 11) is 1.96. The smallest absolute Gasteiger partial charge is 0.0819 e. The summed E-state index contributed by atoms with van der Waals surface area (Å²) in [5, 5.41) is 6.52. The molecule has 86 valence electrons. The molecule has 0 amide bonds. The van der Waals surface area contributed by atoms with Gasteiger partial charge in [-0.15, -0.1) is 11.3 Å². The van der Waals surface area contributed by atoms with E-state index in [1.54, 1.807) is 11.3 Å². The van der Waals surface area contributed by atoms with Gasteiger partial charge in [0.05, 0.1) is 17.4 Å². The van der Waals surface area contributed by atoms with Crippen LogP contribution in [0, 0.1) is 6.92 Å². The Morgan fingerprint density at radius 2 is 2.31 bits per heavy atom. The molecule has 0 aliphatic rings. The predicted octanol–water partition coefficient (Wildman–Crippen LogP) is 2.40. The molecule has 3 nitrogen and oxygen atoms in total. The fourth-order valence-electron chi connectivity index (χ4n) is 1.84. The summed E-state index contributed by atoms with van der Waals surface area (Å²) in [4.78, 5) is 1.23. The van der Waals surface area contributed by atoms with E-state index in [4.69, 9.17) is 5.73 Å². The van der Waals surface area contributed by atoms with Gasteiger partial charge in [-0.1, -0.05) is 6.92 Å². The van der Waals surface area contributed by atoms with Gasteiger partial charge in [0.2, 0.25) is 0 Å². The van der Waals surface area contributed by atoms with E-state index in [0.717, 1.165) is 17.8 Å². The Balaban J connectivity index is 2.37. The number of hydrogen-bond acceptors (Lipinski definition) is 3. The SMILES string of the molecule is CCc1cc(C(N)c2sccc2C)n(C)n1. The van der Waals surface area contributed by atoms with Gasteiger partial charge in [0.1, 0.15) is 0 Å². The first-order valence-electron chi connectivity index (χ1n) is 5.45. The highest BCUT2D eigenvalue weighted by molar-refractivity contribution is 7.10. The van der Waals surface area contributed by atoms with Gasteiger partial charge in [-0.05, 0) is 36.4 Å².